The van der Waals surface area contributed by atoms with Gasteiger partial charge in [-0.05, 0) is 76.0 Å². The number of nitrogens with zero attached hydrogens (tertiary/aromatic N) is 2. The van der Waals surface area contributed by atoms with Crippen LogP contribution in [0.5, 0.6) is 0 Å². The molecule has 1 saturated carbocycles. The van der Waals surface area contributed by atoms with Crippen LogP contribution in [0.25, 0.3) is 16.6 Å². The number of aromatic nitrogens is 2. The van der Waals surface area contributed by atoms with Crippen molar-refractivity contribution in [2.24, 2.45) is 5.92 Å². The van der Waals surface area contributed by atoms with Gasteiger partial charge in [0.2, 0.25) is 0 Å². The van der Waals surface area contributed by atoms with Gasteiger partial charge in [-0.15, -0.1) is 0 Å². The molecule has 0 saturated heterocycles. The average Bonchev–Trinajstić information content (AvgIpc) is 3.15. The minimum Gasteiger partial charge on any atom is -0.376 e. The van der Waals surface area contributed by atoms with E-state index in [4.69, 9.17) is 10.4 Å². The number of aryl methyl sites for hydroxylation is 1. The van der Waals surface area contributed by atoms with Crippen LogP contribution in [0.4, 0.5) is 5.69 Å². The van der Waals surface area contributed by atoms with Gasteiger partial charge in [0.05, 0.1) is 29.0 Å². The van der Waals surface area contributed by atoms with Crippen molar-refractivity contribution in [2.45, 2.75) is 86.1 Å². The monoisotopic (exact) mass is 505 g/mol. The molecule has 1 fully saturated rings. The summed E-state index contributed by atoms with van der Waals surface area (Å²) < 4.78 is 2.47. The van der Waals surface area contributed by atoms with Crippen molar-refractivity contribution in [3.8, 4) is 0 Å². The van der Waals surface area contributed by atoms with Crippen LogP contribution < -0.4 is 21.7 Å². The van der Waals surface area contributed by atoms with Gasteiger partial charge in [0.25, 0.3) is 0 Å². The third kappa shape index (κ3) is 6.51. The standard InChI is InChI=1S/C30H47N7/c1-8-11-12-13-17-24(21(5)23-15-14-16-23)25-18-26(33-19-28(31)35-36-32-7)30-29(34-25)22(6)27(10-3)37(30)20(4)9-2/h11-13,17-18,20,23,32,36H,8-10,14-16,19H2,1-7H3,(H2,31,35)(H,33,34)/b12-11+,17-13-,24-21-. The van der Waals surface area contributed by atoms with Gasteiger partial charge in [-0.25, -0.2) is 10.4 Å². The van der Waals surface area contributed by atoms with E-state index in [0.29, 0.717) is 24.3 Å². The normalized spacial score (nSPS) is 15.9. The number of anilines is 1. The molecule has 37 heavy (non-hydrogen) atoms. The summed E-state index contributed by atoms with van der Waals surface area (Å²) >= 11 is 0. The van der Waals surface area contributed by atoms with Gasteiger partial charge < -0.3 is 9.88 Å². The highest BCUT2D eigenvalue weighted by Crippen LogP contribution is 2.40. The van der Waals surface area contributed by atoms with Crippen LogP contribution in [0, 0.1) is 18.3 Å². The maximum Gasteiger partial charge on any atom is 0.128 e. The van der Waals surface area contributed by atoms with Crippen LogP contribution in [-0.4, -0.2) is 29.0 Å². The highest BCUT2D eigenvalue weighted by Gasteiger charge is 2.25. The van der Waals surface area contributed by atoms with Crippen LogP contribution in [0.15, 0.2) is 35.9 Å². The van der Waals surface area contributed by atoms with E-state index in [1.807, 2.05) is 0 Å². The lowest BCUT2D eigenvalue weighted by molar-refractivity contribution is 0.369. The van der Waals surface area contributed by atoms with E-state index in [2.05, 4.69) is 98.2 Å². The van der Waals surface area contributed by atoms with Crippen molar-refractivity contribution in [2.75, 3.05) is 18.9 Å². The molecule has 0 radical (unpaired) electrons. The van der Waals surface area contributed by atoms with E-state index in [1.54, 1.807) is 7.05 Å². The number of allylic oxidation sites excluding steroid dienone is 6. The van der Waals surface area contributed by atoms with Crippen LogP contribution >= 0.6 is 0 Å². The topological polar surface area (TPSA) is 89.8 Å². The third-order valence-corrected chi connectivity index (χ3v) is 7.64. The zero-order valence-electron chi connectivity index (χ0n) is 23.9. The Morgan fingerprint density at radius 2 is 2.00 bits per heavy atom. The molecule has 0 spiro atoms. The number of hydrogen-bond donors (Lipinski definition) is 5. The predicted octanol–water partition coefficient (Wildman–Crippen LogP) is 6.59. The molecular weight excluding hydrogens is 458 g/mol. The fourth-order valence-corrected chi connectivity index (χ4v) is 5.09. The zero-order chi connectivity index (χ0) is 26.9. The Kier molecular flexibility index (Phi) is 10.5. The van der Waals surface area contributed by atoms with Gasteiger partial charge in [0.15, 0.2) is 0 Å². The molecule has 2 aromatic rings. The Morgan fingerprint density at radius 1 is 1.24 bits per heavy atom. The van der Waals surface area contributed by atoms with Gasteiger partial charge in [0, 0.05) is 18.8 Å². The van der Waals surface area contributed by atoms with Gasteiger partial charge in [-0.2, -0.15) is 5.53 Å². The molecule has 0 aliphatic heterocycles. The van der Waals surface area contributed by atoms with Crippen molar-refractivity contribution >= 4 is 28.1 Å². The molecule has 1 unspecified atom stereocenters. The van der Waals surface area contributed by atoms with Crippen LogP contribution in [0.3, 0.4) is 0 Å². The molecule has 0 bridgehead atoms. The zero-order valence-corrected chi connectivity index (χ0v) is 23.9. The largest absolute Gasteiger partial charge is 0.376 e. The molecule has 2 aromatic heterocycles. The smallest absolute Gasteiger partial charge is 0.128 e. The summed E-state index contributed by atoms with van der Waals surface area (Å²) in [5.41, 5.74) is 17.9. The minimum atomic E-state index is 0.348. The van der Waals surface area contributed by atoms with E-state index in [9.17, 15) is 0 Å². The highest BCUT2D eigenvalue weighted by atomic mass is 15.6. The molecule has 7 nitrogen and oxygen atoms in total. The summed E-state index contributed by atoms with van der Waals surface area (Å²) in [4.78, 5) is 5.33. The number of hydrazine groups is 2. The molecule has 0 aromatic carbocycles. The van der Waals surface area contributed by atoms with E-state index < -0.39 is 0 Å². The summed E-state index contributed by atoms with van der Waals surface area (Å²) in [6.07, 6.45) is 15.5. The molecule has 1 aliphatic rings. The summed E-state index contributed by atoms with van der Waals surface area (Å²) in [5.74, 6) is 0.978. The second kappa shape index (κ2) is 13.6. The summed E-state index contributed by atoms with van der Waals surface area (Å²) in [7, 11) is 1.77. The molecule has 7 heteroatoms. The Bertz CT molecular complexity index is 1160. The number of hydrogen-bond acceptors (Lipinski definition) is 5. The van der Waals surface area contributed by atoms with Gasteiger partial charge >= 0.3 is 0 Å². The first-order valence-corrected chi connectivity index (χ1v) is 13.9. The van der Waals surface area contributed by atoms with E-state index in [1.165, 1.54) is 41.7 Å². The van der Waals surface area contributed by atoms with E-state index in [0.717, 1.165) is 41.7 Å². The van der Waals surface area contributed by atoms with E-state index in [-0.39, 0.29) is 0 Å². The summed E-state index contributed by atoms with van der Waals surface area (Å²) in [6.45, 7) is 13.8. The average molecular weight is 506 g/mol. The first kappa shape index (κ1) is 28.7. The number of pyridine rings is 1. The fraction of sp³-hybridized carbons (Fsp3) is 0.533. The minimum absolute atomic E-state index is 0.348. The molecule has 3 rings (SSSR count). The quantitative estimate of drug-likeness (QED) is 0.0917. The third-order valence-electron chi connectivity index (χ3n) is 7.64. The lowest BCUT2D eigenvalue weighted by atomic mass is 9.78. The number of nitrogens with one attached hydrogen (secondary N) is 5. The molecule has 1 aliphatic carbocycles. The van der Waals surface area contributed by atoms with Gasteiger partial charge in [0.1, 0.15) is 5.84 Å². The summed E-state index contributed by atoms with van der Waals surface area (Å²) in [6, 6.07) is 2.55. The Hall–Kier alpha value is -2.90. The number of amidine groups is 1. The molecule has 1 atom stereocenters. The Morgan fingerprint density at radius 3 is 2.59 bits per heavy atom. The second-order valence-electron chi connectivity index (χ2n) is 10.1. The number of fused-ring (bicyclic) bond motifs is 1. The van der Waals surface area contributed by atoms with Gasteiger partial charge in [-0.3, -0.25) is 10.8 Å². The van der Waals surface area contributed by atoms with Crippen molar-refractivity contribution < 1.29 is 0 Å². The second-order valence-corrected chi connectivity index (χ2v) is 10.1. The van der Waals surface area contributed by atoms with Crippen molar-refractivity contribution in [1.29, 1.82) is 5.41 Å². The molecule has 202 valence electrons. The first-order chi connectivity index (χ1) is 17.9. The van der Waals surface area contributed by atoms with Crippen LogP contribution in [-0.2, 0) is 6.42 Å². The number of rotatable bonds is 13. The highest BCUT2D eigenvalue weighted by molar-refractivity contribution is 5.96. The lowest BCUT2D eigenvalue weighted by Gasteiger charge is -2.28. The molecule has 0 amide bonds. The SMILES string of the molecule is CC/C=C/C=C\C(=C(/C)C1CCC1)c1cc(NCC(=N)NNNC)c2c(n1)c(C)c(CC)n2C(C)CC. The Balaban J connectivity index is 2.22. The predicted molar refractivity (Wildman–Crippen MR) is 159 cm³/mol. The van der Waals surface area contributed by atoms with E-state index >= 15 is 0 Å². The molecule has 2 heterocycles. The first-order valence-electron chi connectivity index (χ1n) is 13.9. The van der Waals surface area contributed by atoms with Crippen molar-refractivity contribution in [3.63, 3.8) is 0 Å². The van der Waals surface area contributed by atoms with Crippen molar-refractivity contribution in [1.82, 2.24) is 25.9 Å². The molecule has 5 N–H and O–H groups in total. The maximum absolute atomic E-state index is 8.31. The summed E-state index contributed by atoms with van der Waals surface area (Å²) in [5, 5.41) is 11.9. The van der Waals surface area contributed by atoms with Crippen LogP contribution in [0.2, 0.25) is 0 Å². The lowest BCUT2D eigenvalue weighted by Crippen LogP contribution is -2.46. The fourth-order valence-electron chi connectivity index (χ4n) is 5.09. The molecular formula is C30H47N7. The van der Waals surface area contributed by atoms with Crippen molar-refractivity contribution in [3.05, 3.63) is 52.9 Å². The Labute approximate surface area is 223 Å². The van der Waals surface area contributed by atoms with Crippen LogP contribution in [0.1, 0.15) is 89.7 Å². The van der Waals surface area contributed by atoms with Gasteiger partial charge in [-0.1, -0.05) is 57.1 Å². The maximum atomic E-state index is 8.31.